The number of nitrogens with one attached hydrogen (secondary N) is 1. The fourth-order valence-corrected chi connectivity index (χ4v) is 5.50. The zero-order valence-electron chi connectivity index (χ0n) is 17.9. The van der Waals surface area contributed by atoms with E-state index in [9.17, 15) is 0 Å². The molecule has 4 heteroatoms. The molecular weight excluding hydrogens is 380 g/mol. The molecule has 3 aliphatic rings. The first-order chi connectivity index (χ1) is 15.3. The molecule has 0 radical (unpaired) electrons. The van der Waals surface area contributed by atoms with E-state index in [0.717, 1.165) is 17.3 Å². The fourth-order valence-electron chi connectivity index (χ4n) is 5.50. The molecule has 2 aromatic heterocycles. The lowest BCUT2D eigenvalue weighted by Crippen LogP contribution is -2.59. The molecule has 0 spiro atoms. The topological polar surface area (TPSA) is 33.1 Å². The van der Waals surface area contributed by atoms with Crippen molar-refractivity contribution in [2.75, 3.05) is 18.4 Å². The van der Waals surface area contributed by atoms with Crippen LogP contribution in [0, 0.1) is 5.92 Å². The van der Waals surface area contributed by atoms with Crippen LogP contribution in [0.15, 0.2) is 79.1 Å². The Bertz CT molecular complexity index is 1190. The van der Waals surface area contributed by atoms with Crippen LogP contribution in [0.1, 0.15) is 19.8 Å². The predicted octanol–water partition coefficient (Wildman–Crippen LogP) is 5.59. The first-order valence-electron chi connectivity index (χ1n) is 11.4. The lowest BCUT2D eigenvalue weighted by atomic mass is 9.79. The monoisotopic (exact) mass is 408 g/mol. The van der Waals surface area contributed by atoms with Gasteiger partial charge >= 0.3 is 0 Å². The van der Waals surface area contributed by atoms with E-state index in [1.807, 2.05) is 6.20 Å². The molecule has 31 heavy (non-hydrogen) atoms. The molecule has 5 heterocycles. The number of para-hydroxylation sites is 1. The summed E-state index contributed by atoms with van der Waals surface area (Å²) in [5.74, 6) is 1.77. The summed E-state index contributed by atoms with van der Waals surface area (Å²) >= 11 is 0. The maximum absolute atomic E-state index is 4.77. The molecule has 0 saturated carbocycles. The van der Waals surface area contributed by atoms with Gasteiger partial charge in [-0.2, -0.15) is 0 Å². The van der Waals surface area contributed by atoms with Crippen molar-refractivity contribution in [2.45, 2.75) is 31.8 Å². The Morgan fingerprint density at radius 3 is 2.45 bits per heavy atom. The second-order valence-corrected chi connectivity index (χ2v) is 9.01. The lowest BCUT2D eigenvalue weighted by molar-refractivity contribution is 0.0457. The Hall–Kier alpha value is -3.11. The normalized spacial score (nSPS) is 25.1. The molecule has 4 nitrogen and oxygen atoms in total. The summed E-state index contributed by atoms with van der Waals surface area (Å²) in [6, 6.07) is 24.8. The highest BCUT2D eigenvalue weighted by Crippen LogP contribution is 2.34. The van der Waals surface area contributed by atoms with Gasteiger partial charge in [-0.3, -0.25) is 4.90 Å². The summed E-state index contributed by atoms with van der Waals surface area (Å²) in [5, 5.41) is 4.98. The first-order valence-corrected chi connectivity index (χ1v) is 11.4. The lowest BCUT2D eigenvalue weighted by Gasteiger charge is -2.50. The minimum Gasteiger partial charge on any atom is -0.365 e. The van der Waals surface area contributed by atoms with Gasteiger partial charge in [0.2, 0.25) is 0 Å². The number of nitrogens with zero attached hydrogens (tertiary/aromatic N) is 3. The average molecular weight is 409 g/mol. The van der Waals surface area contributed by atoms with E-state index in [1.54, 1.807) is 0 Å². The summed E-state index contributed by atoms with van der Waals surface area (Å²) < 4.78 is 2.24. The maximum atomic E-state index is 4.77. The van der Waals surface area contributed by atoms with Crippen LogP contribution in [-0.4, -0.2) is 39.6 Å². The summed E-state index contributed by atoms with van der Waals surface area (Å²) in [7, 11) is 0. The Morgan fingerprint density at radius 1 is 0.903 bits per heavy atom. The molecular formula is C27H28N4. The van der Waals surface area contributed by atoms with Gasteiger partial charge in [0.1, 0.15) is 5.82 Å². The van der Waals surface area contributed by atoms with Crippen LogP contribution in [0.4, 0.5) is 5.82 Å². The molecule has 4 aromatic rings. The van der Waals surface area contributed by atoms with Crippen molar-refractivity contribution >= 4 is 16.7 Å². The fraction of sp³-hybridized carbons (Fsp3) is 0.296. The van der Waals surface area contributed by atoms with E-state index < -0.39 is 0 Å². The zero-order chi connectivity index (χ0) is 20.8. The Morgan fingerprint density at radius 2 is 1.71 bits per heavy atom. The molecule has 2 atom stereocenters. The van der Waals surface area contributed by atoms with E-state index in [2.05, 4.69) is 94.6 Å². The number of piperidine rings is 3. The van der Waals surface area contributed by atoms with E-state index >= 15 is 0 Å². The van der Waals surface area contributed by atoms with Crippen LogP contribution in [0.2, 0.25) is 0 Å². The van der Waals surface area contributed by atoms with E-state index in [-0.39, 0.29) is 0 Å². The zero-order valence-corrected chi connectivity index (χ0v) is 17.9. The maximum Gasteiger partial charge on any atom is 0.126 e. The van der Waals surface area contributed by atoms with Gasteiger partial charge in [0.15, 0.2) is 0 Å². The summed E-state index contributed by atoms with van der Waals surface area (Å²) in [6.45, 7) is 4.86. The number of hydrogen-bond acceptors (Lipinski definition) is 3. The number of pyridine rings is 1. The van der Waals surface area contributed by atoms with Gasteiger partial charge in [0.05, 0.1) is 5.52 Å². The number of anilines is 1. The van der Waals surface area contributed by atoms with E-state index in [1.165, 1.54) is 48.1 Å². The van der Waals surface area contributed by atoms with Crippen molar-refractivity contribution in [1.82, 2.24) is 14.5 Å². The largest absolute Gasteiger partial charge is 0.365 e. The smallest absolute Gasteiger partial charge is 0.126 e. The number of benzene rings is 2. The predicted molar refractivity (Wildman–Crippen MR) is 128 cm³/mol. The molecule has 2 aromatic carbocycles. The van der Waals surface area contributed by atoms with Gasteiger partial charge in [-0.25, -0.2) is 4.98 Å². The highest BCUT2D eigenvalue weighted by molar-refractivity contribution is 5.87. The Balaban J connectivity index is 1.23. The minimum absolute atomic E-state index is 0.509. The molecule has 2 bridgehead atoms. The molecule has 3 fully saturated rings. The second kappa shape index (κ2) is 7.54. The average Bonchev–Trinajstić information content (AvgIpc) is 3.26. The van der Waals surface area contributed by atoms with Gasteiger partial charge in [-0.05, 0) is 86.8 Å². The third-order valence-corrected chi connectivity index (χ3v) is 7.31. The van der Waals surface area contributed by atoms with E-state index in [4.69, 9.17) is 4.98 Å². The first kappa shape index (κ1) is 18.6. The van der Waals surface area contributed by atoms with Crippen LogP contribution in [-0.2, 0) is 0 Å². The van der Waals surface area contributed by atoms with Crippen molar-refractivity contribution in [3.8, 4) is 16.8 Å². The van der Waals surface area contributed by atoms with Crippen molar-refractivity contribution in [2.24, 2.45) is 5.92 Å². The second-order valence-electron chi connectivity index (χ2n) is 9.01. The van der Waals surface area contributed by atoms with Crippen molar-refractivity contribution in [3.63, 3.8) is 0 Å². The van der Waals surface area contributed by atoms with Gasteiger partial charge in [0.25, 0.3) is 0 Å². The van der Waals surface area contributed by atoms with Crippen LogP contribution >= 0.6 is 0 Å². The van der Waals surface area contributed by atoms with Gasteiger partial charge in [-0.15, -0.1) is 0 Å². The molecule has 1 N–H and O–H groups in total. The highest BCUT2D eigenvalue weighted by Gasteiger charge is 2.39. The van der Waals surface area contributed by atoms with Crippen molar-refractivity contribution in [1.29, 1.82) is 0 Å². The SMILES string of the molecule is C[C@@H]1[C@H](Nc2ccc(-c3ccc4c(ccn4-c4ccccc4)c3)cn2)C2CCN1CC2. The van der Waals surface area contributed by atoms with Crippen LogP contribution in [0.5, 0.6) is 0 Å². The molecule has 0 amide bonds. The number of fused-ring (bicyclic) bond motifs is 4. The number of hydrogen-bond donors (Lipinski definition) is 1. The third-order valence-electron chi connectivity index (χ3n) is 7.31. The van der Waals surface area contributed by atoms with Crippen LogP contribution in [0.3, 0.4) is 0 Å². The molecule has 156 valence electrons. The minimum atomic E-state index is 0.509. The molecule has 0 aliphatic carbocycles. The summed E-state index contributed by atoms with van der Waals surface area (Å²) in [5.41, 5.74) is 4.76. The van der Waals surface area contributed by atoms with Crippen molar-refractivity contribution < 1.29 is 0 Å². The van der Waals surface area contributed by atoms with E-state index in [0.29, 0.717) is 12.1 Å². The Kier molecular flexibility index (Phi) is 4.53. The summed E-state index contributed by atoms with van der Waals surface area (Å²) in [4.78, 5) is 7.38. The molecule has 3 saturated heterocycles. The number of aromatic nitrogens is 2. The molecule has 0 unspecified atom stereocenters. The summed E-state index contributed by atoms with van der Waals surface area (Å²) in [6.07, 6.45) is 6.76. The van der Waals surface area contributed by atoms with Crippen LogP contribution in [0.25, 0.3) is 27.7 Å². The van der Waals surface area contributed by atoms with Gasteiger partial charge < -0.3 is 9.88 Å². The quantitative estimate of drug-likeness (QED) is 0.478. The van der Waals surface area contributed by atoms with Gasteiger partial charge in [0, 0.05) is 41.1 Å². The molecule has 3 aliphatic heterocycles. The van der Waals surface area contributed by atoms with Crippen molar-refractivity contribution in [3.05, 3.63) is 79.1 Å². The van der Waals surface area contributed by atoms with Crippen LogP contribution < -0.4 is 5.32 Å². The highest BCUT2D eigenvalue weighted by atomic mass is 15.2. The Labute approximate surface area is 183 Å². The van der Waals surface area contributed by atoms with Gasteiger partial charge in [-0.1, -0.05) is 24.3 Å². The standard InChI is InChI=1S/C27H28N4/c1-19-27(20-11-14-30(19)15-12-20)29-26-10-8-23(18-28-26)21-7-9-25-22(17-21)13-16-31(25)24-5-3-2-4-6-24/h2-10,13,16-20,27H,11-12,14-15H2,1H3,(H,28,29)/t19-,27+/m1/s1. The number of rotatable bonds is 4. The third kappa shape index (κ3) is 3.31. The molecule has 7 rings (SSSR count).